The Morgan fingerprint density at radius 2 is 1.38 bits per heavy atom. The van der Waals surface area contributed by atoms with Crippen molar-refractivity contribution in [2.45, 2.75) is 19.3 Å². The van der Waals surface area contributed by atoms with Crippen LogP contribution >= 0.6 is 23.2 Å². The highest BCUT2D eigenvalue weighted by Gasteiger charge is 2.28. The fourth-order valence-electron chi connectivity index (χ4n) is 3.22. The molecular weight excluding hydrogens is 349 g/mol. The first-order valence-electron chi connectivity index (χ1n) is 8.34. The molecule has 24 heavy (non-hydrogen) atoms. The third kappa shape index (κ3) is 3.78. The number of hydrogen-bond acceptors (Lipinski definition) is 2. The minimum Gasteiger partial charge on any atom is -0.335 e. The molecule has 130 valence electrons. The lowest BCUT2D eigenvalue weighted by atomic mass is 10.1. The van der Waals surface area contributed by atoms with Crippen LogP contribution in [0.2, 0.25) is 10.0 Å². The molecule has 2 aliphatic rings. The second-order valence-electron chi connectivity index (χ2n) is 6.23. The summed E-state index contributed by atoms with van der Waals surface area (Å²) in [7, 11) is 0. The van der Waals surface area contributed by atoms with Crippen molar-refractivity contribution in [3.8, 4) is 0 Å². The van der Waals surface area contributed by atoms with Gasteiger partial charge in [0.25, 0.3) is 5.91 Å². The number of urea groups is 1. The van der Waals surface area contributed by atoms with Gasteiger partial charge in [-0.25, -0.2) is 4.79 Å². The number of carbonyl (C=O) groups excluding carboxylic acids is 2. The number of nitrogens with zero attached hydrogens (tertiary/aromatic N) is 3. The molecule has 0 radical (unpaired) electrons. The van der Waals surface area contributed by atoms with Gasteiger partial charge in [0.2, 0.25) is 0 Å². The molecule has 1 aromatic carbocycles. The molecule has 0 N–H and O–H groups in total. The lowest BCUT2D eigenvalue weighted by Gasteiger charge is -2.38. The molecule has 0 bridgehead atoms. The number of likely N-dealkylation sites (tertiary alicyclic amines) is 1. The molecule has 0 aromatic heterocycles. The number of amides is 3. The summed E-state index contributed by atoms with van der Waals surface area (Å²) in [5.41, 5.74) is 0.417. The first-order chi connectivity index (χ1) is 11.6. The molecule has 0 saturated carbocycles. The molecule has 7 heteroatoms. The van der Waals surface area contributed by atoms with E-state index in [-0.39, 0.29) is 11.9 Å². The smallest absolute Gasteiger partial charge is 0.320 e. The molecule has 2 heterocycles. The van der Waals surface area contributed by atoms with Gasteiger partial charge in [-0.15, -0.1) is 0 Å². The Bertz CT molecular complexity index is 624. The van der Waals surface area contributed by atoms with Gasteiger partial charge < -0.3 is 14.7 Å². The van der Waals surface area contributed by atoms with E-state index in [1.54, 1.807) is 23.1 Å². The van der Waals surface area contributed by atoms with Gasteiger partial charge >= 0.3 is 6.03 Å². The molecule has 2 aliphatic heterocycles. The van der Waals surface area contributed by atoms with E-state index in [0.717, 1.165) is 25.9 Å². The largest absolute Gasteiger partial charge is 0.335 e. The molecule has 3 rings (SSSR count). The highest BCUT2D eigenvalue weighted by atomic mass is 35.5. The van der Waals surface area contributed by atoms with E-state index in [1.807, 2.05) is 9.80 Å². The zero-order chi connectivity index (χ0) is 17.1. The summed E-state index contributed by atoms with van der Waals surface area (Å²) < 4.78 is 0. The first-order valence-corrected chi connectivity index (χ1v) is 9.10. The van der Waals surface area contributed by atoms with E-state index >= 15 is 0 Å². The van der Waals surface area contributed by atoms with Crippen LogP contribution in [0.4, 0.5) is 4.79 Å². The van der Waals surface area contributed by atoms with Crippen LogP contribution in [0.15, 0.2) is 18.2 Å². The highest BCUT2D eigenvalue weighted by Crippen LogP contribution is 2.23. The van der Waals surface area contributed by atoms with Gasteiger partial charge in [-0.05, 0) is 37.5 Å². The van der Waals surface area contributed by atoms with Gasteiger partial charge in [-0.1, -0.05) is 23.2 Å². The topological polar surface area (TPSA) is 43.9 Å². The first kappa shape index (κ1) is 17.4. The van der Waals surface area contributed by atoms with Crippen molar-refractivity contribution in [3.63, 3.8) is 0 Å². The lowest BCUT2D eigenvalue weighted by molar-refractivity contribution is 0.0633. The van der Waals surface area contributed by atoms with Gasteiger partial charge in [0.1, 0.15) is 0 Å². The lowest BCUT2D eigenvalue weighted by Crippen LogP contribution is -2.54. The van der Waals surface area contributed by atoms with Gasteiger partial charge in [0, 0.05) is 44.3 Å². The Labute approximate surface area is 152 Å². The molecule has 3 amide bonds. The predicted molar refractivity (Wildman–Crippen MR) is 94.8 cm³/mol. The van der Waals surface area contributed by atoms with Crippen LogP contribution in [0, 0.1) is 0 Å². The van der Waals surface area contributed by atoms with Crippen molar-refractivity contribution in [2.75, 3.05) is 39.3 Å². The third-order valence-corrected chi connectivity index (χ3v) is 5.19. The number of carbonyl (C=O) groups is 2. The second-order valence-corrected chi connectivity index (χ2v) is 7.08. The Balaban J connectivity index is 1.59. The van der Waals surface area contributed by atoms with Crippen molar-refractivity contribution in [1.29, 1.82) is 0 Å². The predicted octanol–water partition coefficient (Wildman–Crippen LogP) is 3.36. The summed E-state index contributed by atoms with van der Waals surface area (Å²) in [6, 6.07) is 4.99. The minimum absolute atomic E-state index is 0.0996. The summed E-state index contributed by atoms with van der Waals surface area (Å²) in [6.07, 6.45) is 3.36. The molecule has 0 spiro atoms. The number of hydrogen-bond donors (Lipinski definition) is 0. The van der Waals surface area contributed by atoms with Gasteiger partial charge in [0.05, 0.1) is 10.6 Å². The Hall–Kier alpha value is -1.46. The zero-order valence-corrected chi connectivity index (χ0v) is 15.0. The summed E-state index contributed by atoms with van der Waals surface area (Å²) in [6.45, 7) is 3.83. The summed E-state index contributed by atoms with van der Waals surface area (Å²) >= 11 is 12.1. The number of piperidine rings is 1. The van der Waals surface area contributed by atoms with E-state index in [0.29, 0.717) is 41.8 Å². The fourth-order valence-corrected chi connectivity index (χ4v) is 3.59. The van der Waals surface area contributed by atoms with Crippen molar-refractivity contribution in [3.05, 3.63) is 33.8 Å². The third-order valence-electron chi connectivity index (χ3n) is 4.62. The van der Waals surface area contributed by atoms with Crippen LogP contribution < -0.4 is 0 Å². The maximum Gasteiger partial charge on any atom is 0.320 e. The van der Waals surface area contributed by atoms with Crippen LogP contribution in [0.1, 0.15) is 29.6 Å². The number of rotatable bonds is 1. The van der Waals surface area contributed by atoms with Gasteiger partial charge in [-0.3, -0.25) is 4.79 Å². The minimum atomic E-state index is -0.132. The van der Waals surface area contributed by atoms with Crippen LogP contribution in [0.25, 0.3) is 0 Å². The monoisotopic (exact) mass is 369 g/mol. The zero-order valence-electron chi connectivity index (χ0n) is 13.5. The SMILES string of the molecule is O=C(c1cc(Cl)ccc1Cl)N1CCN(C(=O)N2CCCCC2)CC1. The van der Waals surface area contributed by atoms with E-state index in [2.05, 4.69) is 0 Å². The molecule has 2 fully saturated rings. The van der Waals surface area contributed by atoms with Gasteiger partial charge in [-0.2, -0.15) is 0 Å². The normalized spacial score (nSPS) is 18.7. The molecule has 0 aliphatic carbocycles. The van der Waals surface area contributed by atoms with Gasteiger partial charge in [0.15, 0.2) is 0 Å². The highest BCUT2D eigenvalue weighted by molar-refractivity contribution is 6.35. The fraction of sp³-hybridized carbons (Fsp3) is 0.529. The average molecular weight is 370 g/mol. The van der Waals surface area contributed by atoms with Crippen LogP contribution in [-0.2, 0) is 0 Å². The van der Waals surface area contributed by atoms with Crippen molar-refractivity contribution >= 4 is 35.1 Å². The second kappa shape index (κ2) is 7.62. The quantitative estimate of drug-likeness (QED) is 0.761. The standard InChI is InChI=1S/C17H21Cl2N3O2/c18-13-4-5-15(19)14(12-13)16(23)20-8-10-22(11-9-20)17(24)21-6-2-1-3-7-21/h4-5,12H,1-3,6-11H2. The number of halogens is 2. The Morgan fingerprint density at radius 1 is 0.792 bits per heavy atom. The molecule has 5 nitrogen and oxygen atoms in total. The number of piperazine rings is 1. The Morgan fingerprint density at radius 3 is 2.04 bits per heavy atom. The average Bonchev–Trinajstić information content (AvgIpc) is 2.63. The van der Waals surface area contributed by atoms with Crippen LogP contribution in [-0.4, -0.2) is 65.9 Å². The maximum absolute atomic E-state index is 12.6. The number of benzene rings is 1. The molecule has 0 unspecified atom stereocenters. The maximum atomic E-state index is 12.6. The van der Waals surface area contributed by atoms with Crippen molar-refractivity contribution in [1.82, 2.24) is 14.7 Å². The molecule has 0 atom stereocenters. The summed E-state index contributed by atoms with van der Waals surface area (Å²) in [5.74, 6) is -0.132. The van der Waals surface area contributed by atoms with E-state index in [4.69, 9.17) is 23.2 Å². The molecule has 1 aromatic rings. The molecule has 2 saturated heterocycles. The van der Waals surface area contributed by atoms with Crippen molar-refractivity contribution in [2.24, 2.45) is 0 Å². The Kier molecular flexibility index (Phi) is 5.51. The summed E-state index contributed by atoms with van der Waals surface area (Å²) in [4.78, 5) is 30.6. The molecular formula is C17H21Cl2N3O2. The summed E-state index contributed by atoms with van der Waals surface area (Å²) in [5, 5.41) is 0.887. The van der Waals surface area contributed by atoms with Crippen molar-refractivity contribution < 1.29 is 9.59 Å². The van der Waals surface area contributed by atoms with E-state index in [1.165, 1.54) is 6.42 Å². The van der Waals surface area contributed by atoms with E-state index in [9.17, 15) is 9.59 Å². The van der Waals surface area contributed by atoms with Crippen LogP contribution in [0.3, 0.4) is 0 Å². The van der Waals surface area contributed by atoms with Crippen LogP contribution in [0.5, 0.6) is 0 Å². The van der Waals surface area contributed by atoms with E-state index < -0.39 is 0 Å².